The summed E-state index contributed by atoms with van der Waals surface area (Å²) < 4.78 is 39.0. The summed E-state index contributed by atoms with van der Waals surface area (Å²) in [6.07, 6.45) is -3.85. The zero-order chi connectivity index (χ0) is 19.6. The lowest BCUT2D eigenvalue weighted by Crippen LogP contribution is -2.08. The summed E-state index contributed by atoms with van der Waals surface area (Å²) in [7, 11) is 0. The van der Waals surface area contributed by atoms with Crippen LogP contribution in [0.5, 0.6) is 0 Å². The Balaban J connectivity index is 2.00. The molecule has 0 aliphatic heterocycles. The van der Waals surface area contributed by atoms with Gasteiger partial charge in [-0.1, -0.05) is 38.1 Å². The van der Waals surface area contributed by atoms with E-state index < -0.39 is 11.7 Å². The molecule has 0 aliphatic carbocycles. The predicted octanol–water partition coefficient (Wildman–Crippen LogP) is 5.69. The molecule has 3 aromatic rings. The Morgan fingerprint density at radius 1 is 1.11 bits per heavy atom. The van der Waals surface area contributed by atoms with Gasteiger partial charge in [-0.2, -0.15) is 13.2 Å². The van der Waals surface area contributed by atoms with Crippen LogP contribution in [0.25, 0.3) is 10.9 Å². The number of thioether (sulfide) groups is 1. The first-order valence-electron chi connectivity index (χ1n) is 8.64. The van der Waals surface area contributed by atoms with Crippen molar-refractivity contribution in [3.63, 3.8) is 0 Å². The standard InChI is InChI=1S/C20H20F3N3S/c1-3-27-18-7-5-4-6-14(18)12(2)10-16-15-9-8-13(20(21,22)23)11-17(15)26-19(24)25-16/h4-9,11-12H,3,10H2,1-2H3,(H2,24,25,26). The van der Waals surface area contributed by atoms with Crippen LogP contribution in [0, 0.1) is 0 Å². The van der Waals surface area contributed by atoms with E-state index in [1.807, 2.05) is 12.1 Å². The Morgan fingerprint density at radius 2 is 1.85 bits per heavy atom. The molecule has 1 unspecified atom stereocenters. The number of nitrogen functional groups attached to an aromatic ring is 1. The normalized spacial score (nSPS) is 13.1. The summed E-state index contributed by atoms with van der Waals surface area (Å²) in [6.45, 7) is 4.19. The van der Waals surface area contributed by atoms with Gasteiger partial charge in [0.2, 0.25) is 5.95 Å². The van der Waals surface area contributed by atoms with Gasteiger partial charge in [0.15, 0.2) is 0 Å². The molecule has 0 radical (unpaired) electrons. The maximum Gasteiger partial charge on any atom is 0.416 e. The van der Waals surface area contributed by atoms with Crippen LogP contribution >= 0.6 is 11.8 Å². The van der Waals surface area contributed by atoms with Crippen LogP contribution < -0.4 is 5.73 Å². The molecule has 2 N–H and O–H groups in total. The van der Waals surface area contributed by atoms with Crippen molar-refractivity contribution in [2.75, 3.05) is 11.5 Å². The molecule has 0 amide bonds. The Bertz CT molecular complexity index is 957. The number of hydrogen-bond acceptors (Lipinski definition) is 4. The maximum atomic E-state index is 13.0. The first-order valence-corrected chi connectivity index (χ1v) is 9.63. The molecule has 3 rings (SSSR count). The third-order valence-electron chi connectivity index (χ3n) is 4.37. The monoisotopic (exact) mass is 391 g/mol. The van der Waals surface area contributed by atoms with Crippen LogP contribution in [0.1, 0.15) is 36.6 Å². The Labute approximate surface area is 160 Å². The van der Waals surface area contributed by atoms with Gasteiger partial charge in [0, 0.05) is 10.3 Å². The molecular formula is C20H20F3N3S. The van der Waals surface area contributed by atoms with Crippen LogP contribution in [-0.4, -0.2) is 15.7 Å². The van der Waals surface area contributed by atoms with Crippen molar-refractivity contribution < 1.29 is 13.2 Å². The van der Waals surface area contributed by atoms with Gasteiger partial charge in [-0.05, 0) is 41.9 Å². The number of nitrogens with two attached hydrogens (primary N) is 1. The number of benzene rings is 2. The molecule has 0 fully saturated rings. The lowest BCUT2D eigenvalue weighted by molar-refractivity contribution is -0.137. The smallest absolute Gasteiger partial charge is 0.368 e. The molecule has 1 aromatic heterocycles. The molecule has 0 saturated carbocycles. The van der Waals surface area contributed by atoms with Crippen molar-refractivity contribution in [3.8, 4) is 0 Å². The molecule has 2 aromatic carbocycles. The Morgan fingerprint density at radius 3 is 2.56 bits per heavy atom. The molecule has 142 valence electrons. The highest BCUT2D eigenvalue weighted by Gasteiger charge is 2.31. The predicted molar refractivity (Wildman–Crippen MR) is 104 cm³/mol. The van der Waals surface area contributed by atoms with Crippen LogP contribution in [0.2, 0.25) is 0 Å². The molecule has 0 saturated heterocycles. The highest BCUT2D eigenvalue weighted by Crippen LogP contribution is 2.34. The van der Waals surface area contributed by atoms with Crippen LogP contribution in [0.4, 0.5) is 19.1 Å². The molecule has 0 bridgehead atoms. The summed E-state index contributed by atoms with van der Waals surface area (Å²) in [4.78, 5) is 9.52. The zero-order valence-electron chi connectivity index (χ0n) is 15.0. The molecule has 27 heavy (non-hydrogen) atoms. The Kier molecular flexibility index (Phi) is 5.60. The number of anilines is 1. The van der Waals surface area contributed by atoms with E-state index in [0.717, 1.165) is 17.9 Å². The summed E-state index contributed by atoms with van der Waals surface area (Å²) in [5.41, 5.74) is 7.11. The average molecular weight is 391 g/mol. The summed E-state index contributed by atoms with van der Waals surface area (Å²) in [5.74, 6) is 1.09. The number of nitrogens with zero attached hydrogens (tertiary/aromatic N) is 2. The van der Waals surface area contributed by atoms with Crippen molar-refractivity contribution in [2.24, 2.45) is 0 Å². The molecule has 0 aliphatic rings. The second-order valence-corrected chi connectivity index (χ2v) is 7.64. The summed E-state index contributed by atoms with van der Waals surface area (Å²) in [6, 6.07) is 11.7. The van der Waals surface area contributed by atoms with E-state index in [9.17, 15) is 13.2 Å². The van der Waals surface area contributed by atoms with E-state index in [-0.39, 0.29) is 17.4 Å². The molecule has 0 spiro atoms. The highest BCUT2D eigenvalue weighted by molar-refractivity contribution is 7.99. The fourth-order valence-corrected chi connectivity index (χ4v) is 4.04. The minimum absolute atomic E-state index is 0.0137. The minimum atomic E-state index is -4.42. The van der Waals surface area contributed by atoms with Crippen LogP contribution in [0.3, 0.4) is 0 Å². The average Bonchev–Trinajstić information content (AvgIpc) is 2.61. The third-order valence-corrected chi connectivity index (χ3v) is 5.34. The van der Waals surface area contributed by atoms with E-state index in [1.54, 1.807) is 11.8 Å². The van der Waals surface area contributed by atoms with Crippen molar-refractivity contribution >= 4 is 28.6 Å². The van der Waals surface area contributed by atoms with Gasteiger partial charge in [0.25, 0.3) is 0 Å². The first kappa shape index (κ1) is 19.5. The molecule has 7 heteroatoms. The summed E-state index contributed by atoms with van der Waals surface area (Å²) >= 11 is 1.77. The quantitative estimate of drug-likeness (QED) is 0.568. The fraction of sp³-hybridized carbons (Fsp3) is 0.300. The van der Waals surface area contributed by atoms with E-state index in [2.05, 4.69) is 35.9 Å². The van der Waals surface area contributed by atoms with Gasteiger partial charge in [0.1, 0.15) is 0 Å². The van der Waals surface area contributed by atoms with Gasteiger partial charge in [-0.3, -0.25) is 0 Å². The van der Waals surface area contributed by atoms with Crippen molar-refractivity contribution in [1.82, 2.24) is 9.97 Å². The zero-order valence-corrected chi connectivity index (χ0v) is 15.9. The van der Waals surface area contributed by atoms with E-state index in [0.29, 0.717) is 17.5 Å². The first-order chi connectivity index (χ1) is 12.8. The fourth-order valence-electron chi connectivity index (χ4n) is 3.12. The largest absolute Gasteiger partial charge is 0.416 e. The van der Waals surface area contributed by atoms with Gasteiger partial charge in [0.05, 0.1) is 16.8 Å². The number of halogens is 3. The second-order valence-electron chi connectivity index (χ2n) is 6.33. The van der Waals surface area contributed by atoms with Crippen LogP contribution in [0.15, 0.2) is 47.4 Å². The van der Waals surface area contributed by atoms with Gasteiger partial charge in [-0.15, -0.1) is 11.8 Å². The van der Waals surface area contributed by atoms with Gasteiger partial charge in [-0.25, -0.2) is 9.97 Å². The van der Waals surface area contributed by atoms with Crippen molar-refractivity contribution in [2.45, 2.75) is 37.3 Å². The lowest BCUT2D eigenvalue weighted by Gasteiger charge is -2.17. The number of fused-ring (bicyclic) bond motifs is 1. The molecule has 1 heterocycles. The minimum Gasteiger partial charge on any atom is -0.368 e. The van der Waals surface area contributed by atoms with Gasteiger partial charge < -0.3 is 5.73 Å². The second kappa shape index (κ2) is 7.76. The number of aromatic nitrogens is 2. The molecular weight excluding hydrogens is 371 g/mol. The van der Waals surface area contributed by atoms with Crippen LogP contribution in [-0.2, 0) is 12.6 Å². The number of hydrogen-bond donors (Lipinski definition) is 1. The molecule has 1 atom stereocenters. The van der Waals surface area contributed by atoms with Crippen molar-refractivity contribution in [3.05, 3.63) is 59.3 Å². The number of alkyl halides is 3. The van der Waals surface area contributed by atoms with E-state index >= 15 is 0 Å². The SMILES string of the molecule is CCSc1ccccc1C(C)Cc1nc(N)nc2cc(C(F)(F)F)ccc12. The summed E-state index contributed by atoms with van der Waals surface area (Å²) in [5, 5.41) is 0.602. The highest BCUT2D eigenvalue weighted by atomic mass is 32.2. The third kappa shape index (κ3) is 4.35. The van der Waals surface area contributed by atoms with E-state index in [4.69, 9.17) is 5.73 Å². The molecule has 3 nitrogen and oxygen atoms in total. The number of rotatable bonds is 5. The van der Waals surface area contributed by atoms with E-state index in [1.165, 1.54) is 16.5 Å². The Hall–Kier alpha value is -2.28. The maximum absolute atomic E-state index is 13.0. The van der Waals surface area contributed by atoms with Gasteiger partial charge >= 0.3 is 6.18 Å². The topological polar surface area (TPSA) is 51.8 Å². The lowest BCUT2D eigenvalue weighted by atomic mass is 9.94. The van der Waals surface area contributed by atoms with Crippen molar-refractivity contribution in [1.29, 1.82) is 0 Å².